The quantitative estimate of drug-likeness (QED) is 0.383. The molecule has 0 bridgehead atoms. The van der Waals surface area contributed by atoms with Gasteiger partial charge < -0.3 is 15.0 Å². The number of hydrogen-bond donors (Lipinski definition) is 2. The van der Waals surface area contributed by atoms with Crippen molar-refractivity contribution >= 4 is 31.6 Å². The summed E-state index contributed by atoms with van der Waals surface area (Å²) < 4.78 is 60.7. The fraction of sp³-hybridized carbons (Fsp3) is 0.296. The first-order chi connectivity index (χ1) is 18.5. The van der Waals surface area contributed by atoms with Gasteiger partial charge in [0.25, 0.3) is 5.91 Å². The van der Waals surface area contributed by atoms with Crippen LogP contribution in [-0.2, 0) is 24.8 Å². The molecule has 4 rings (SSSR count). The number of likely N-dealkylation sites (N-methyl/N-ethyl adjacent to an activating group) is 1. The molecule has 39 heavy (non-hydrogen) atoms. The maximum atomic E-state index is 12.8. The predicted octanol–water partition coefficient (Wildman–Crippen LogP) is 2.68. The minimum absolute atomic E-state index is 0.0775. The maximum absolute atomic E-state index is 12.8. The third kappa shape index (κ3) is 7.43. The number of hydrogen-bond acceptors (Lipinski definition) is 7. The SMILES string of the molecule is C[C@@H](NS(=O)(=O)c1ccc(OCC(=O)Nc2ccc(S(=O)(=O)N3CCN(C)CC3)cc2)cc1)c1ccccc1. The van der Waals surface area contributed by atoms with Gasteiger partial charge in [-0.25, -0.2) is 21.6 Å². The molecule has 2 N–H and O–H groups in total. The van der Waals surface area contributed by atoms with E-state index in [9.17, 15) is 21.6 Å². The van der Waals surface area contributed by atoms with E-state index in [2.05, 4.69) is 14.9 Å². The molecule has 1 atom stereocenters. The van der Waals surface area contributed by atoms with Crippen molar-refractivity contribution in [2.24, 2.45) is 0 Å². The highest BCUT2D eigenvalue weighted by atomic mass is 32.2. The minimum atomic E-state index is -3.75. The molecule has 1 aliphatic rings. The Morgan fingerprint density at radius 1 is 0.846 bits per heavy atom. The molecule has 1 amide bonds. The van der Waals surface area contributed by atoms with E-state index in [1.54, 1.807) is 6.92 Å². The lowest BCUT2D eigenvalue weighted by Gasteiger charge is -2.31. The van der Waals surface area contributed by atoms with Gasteiger partial charge in [0.05, 0.1) is 9.79 Å². The highest BCUT2D eigenvalue weighted by molar-refractivity contribution is 7.89. The monoisotopic (exact) mass is 572 g/mol. The molecule has 0 spiro atoms. The fourth-order valence-electron chi connectivity index (χ4n) is 4.06. The van der Waals surface area contributed by atoms with Crippen molar-refractivity contribution in [3.05, 3.63) is 84.4 Å². The number of carbonyl (C=O) groups excluding carboxylic acids is 1. The van der Waals surface area contributed by atoms with Crippen LogP contribution in [0.4, 0.5) is 5.69 Å². The summed E-state index contributed by atoms with van der Waals surface area (Å²) >= 11 is 0. The predicted molar refractivity (Wildman–Crippen MR) is 148 cm³/mol. The van der Waals surface area contributed by atoms with Gasteiger partial charge >= 0.3 is 0 Å². The highest BCUT2D eigenvalue weighted by Gasteiger charge is 2.27. The molecular formula is C27H32N4O6S2. The molecule has 0 saturated carbocycles. The first kappa shape index (κ1) is 28.7. The molecule has 1 saturated heterocycles. The summed E-state index contributed by atoms with van der Waals surface area (Å²) in [5.74, 6) is -0.117. The van der Waals surface area contributed by atoms with E-state index >= 15 is 0 Å². The molecule has 10 nitrogen and oxygen atoms in total. The van der Waals surface area contributed by atoms with E-state index in [1.807, 2.05) is 37.4 Å². The molecule has 208 valence electrons. The van der Waals surface area contributed by atoms with Crippen molar-refractivity contribution in [2.75, 3.05) is 45.2 Å². The number of nitrogens with one attached hydrogen (secondary N) is 2. The lowest BCUT2D eigenvalue weighted by atomic mass is 10.1. The van der Waals surface area contributed by atoms with Gasteiger partial charge in [-0.05, 0) is 68.1 Å². The number of sulfonamides is 2. The van der Waals surface area contributed by atoms with Gasteiger partial charge in [0.1, 0.15) is 5.75 Å². The molecule has 3 aromatic rings. The van der Waals surface area contributed by atoms with Crippen LogP contribution in [0.25, 0.3) is 0 Å². The Kier molecular flexibility index (Phi) is 9.03. The zero-order chi connectivity index (χ0) is 28.0. The highest BCUT2D eigenvalue weighted by Crippen LogP contribution is 2.21. The molecule has 1 fully saturated rings. The third-order valence-electron chi connectivity index (χ3n) is 6.37. The van der Waals surface area contributed by atoms with Crippen molar-refractivity contribution in [3.63, 3.8) is 0 Å². The zero-order valence-corrected chi connectivity index (χ0v) is 23.4. The summed E-state index contributed by atoms with van der Waals surface area (Å²) in [5.41, 5.74) is 1.28. The minimum Gasteiger partial charge on any atom is -0.484 e. The Balaban J connectivity index is 1.28. The molecular weight excluding hydrogens is 540 g/mol. The smallest absolute Gasteiger partial charge is 0.262 e. The summed E-state index contributed by atoms with van der Waals surface area (Å²) in [7, 11) is -5.39. The normalized spacial score (nSPS) is 15.9. The summed E-state index contributed by atoms with van der Waals surface area (Å²) in [4.78, 5) is 14.7. The second-order valence-electron chi connectivity index (χ2n) is 9.29. The van der Waals surface area contributed by atoms with Gasteiger partial charge in [-0.2, -0.15) is 4.31 Å². The van der Waals surface area contributed by atoms with Gasteiger partial charge in [0.2, 0.25) is 20.0 Å². The van der Waals surface area contributed by atoms with Gasteiger partial charge in [-0.3, -0.25) is 4.79 Å². The van der Waals surface area contributed by atoms with Crippen LogP contribution < -0.4 is 14.8 Å². The average molecular weight is 573 g/mol. The Morgan fingerprint density at radius 3 is 2.05 bits per heavy atom. The van der Waals surface area contributed by atoms with Crippen LogP contribution >= 0.6 is 0 Å². The Labute approximate surface area is 229 Å². The number of carbonyl (C=O) groups is 1. The fourth-order valence-corrected chi connectivity index (χ4v) is 6.71. The summed E-state index contributed by atoms with van der Waals surface area (Å²) in [6.07, 6.45) is 0. The van der Waals surface area contributed by atoms with Crippen molar-refractivity contribution < 1.29 is 26.4 Å². The lowest BCUT2D eigenvalue weighted by Crippen LogP contribution is -2.46. The van der Waals surface area contributed by atoms with Crippen LogP contribution in [0.15, 0.2) is 88.7 Å². The van der Waals surface area contributed by atoms with E-state index < -0.39 is 32.0 Å². The van der Waals surface area contributed by atoms with Crippen LogP contribution in [0.2, 0.25) is 0 Å². The van der Waals surface area contributed by atoms with Crippen molar-refractivity contribution in [1.82, 2.24) is 13.9 Å². The van der Waals surface area contributed by atoms with Gasteiger partial charge in [-0.1, -0.05) is 30.3 Å². The Bertz CT molecular complexity index is 1470. The van der Waals surface area contributed by atoms with Crippen LogP contribution in [0.5, 0.6) is 5.75 Å². The van der Waals surface area contributed by atoms with Gasteiger partial charge in [-0.15, -0.1) is 0 Å². The molecule has 3 aromatic carbocycles. The van der Waals surface area contributed by atoms with E-state index in [-0.39, 0.29) is 16.4 Å². The standard InChI is InChI=1S/C27H32N4O6S2/c1-21(22-6-4-3-5-7-22)29-38(33,34)25-14-10-24(11-15-25)37-20-27(32)28-23-8-12-26(13-9-23)39(35,36)31-18-16-30(2)17-19-31/h3-15,21,29H,16-20H2,1-2H3,(H,28,32)/t21-/m1/s1. The van der Waals surface area contributed by atoms with Crippen LogP contribution in [0.1, 0.15) is 18.5 Å². The number of amides is 1. The number of nitrogens with zero attached hydrogens (tertiary/aromatic N) is 2. The van der Waals surface area contributed by atoms with E-state index in [0.29, 0.717) is 37.6 Å². The molecule has 0 unspecified atom stereocenters. The summed E-state index contributed by atoms with van der Waals surface area (Å²) in [6, 6.07) is 20.6. The molecule has 1 heterocycles. The first-order valence-electron chi connectivity index (χ1n) is 12.4. The second kappa shape index (κ2) is 12.3. The first-order valence-corrected chi connectivity index (χ1v) is 15.4. The van der Waals surface area contributed by atoms with Crippen LogP contribution in [0.3, 0.4) is 0 Å². The third-order valence-corrected chi connectivity index (χ3v) is 9.84. The molecule has 0 aromatic heterocycles. The largest absolute Gasteiger partial charge is 0.484 e. The van der Waals surface area contributed by atoms with Crippen molar-refractivity contribution in [2.45, 2.75) is 22.8 Å². The lowest BCUT2D eigenvalue weighted by molar-refractivity contribution is -0.118. The van der Waals surface area contributed by atoms with Gasteiger partial charge in [0.15, 0.2) is 6.61 Å². The topological polar surface area (TPSA) is 125 Å². The van der Waals surface area contributed by atoms with Gasteiger partial charge in [0, 0.05) is 37.9 Å². The zero-order valence-electron chi connectivity index (χ0n) is 21.8. The maximum Gasteiger partial charge on any atom is 0.262 e. The van der Waals surface area contributed by atoms with Crippen molar-refractivity contribution in [1.29, 1.82) is 0 Å². The van der Waals surface area contributed by atoms with E-state index in [1.165, 1.54) is 52.8 Å². The van der Waals surface area contributed by atoms with Crippen molar-refractivity contribution in [3.8, 4) is 5.75 Å². The molecule has 1 aliphatic heterocycles. The molecule has 12 heteroatoms. The average Bonchev–Trinajstić information content (AvgIpc) is 2.93. The summed E-state index contributed by atoms with van der Waals surface area (Å²) in [6.45, 7) is 3.68. The second-order valence-corrected chi connectivity index (χ2v) is 12.9. The Hall–Kier alpha value is -3.29. The number of benzene rings is 3. The van der Waals surface area contributed by atoms with Crippen LogP contribution in [-0.4, -0.2) is 71.8 Å². The summed E-state index contributed by atoms with van der Waals surface area (Å²) in [5, 5.41) is 2.66. The van der Waals surface area contributed by atoms with E-state index in [0.717, 1.165) is 5.56 Å². The van der Waals surface area contributed by atoms with Crippen LogP contribution in [0, 0.1) is 0 Å². The Morgan fingerprint density at radius 2 is 1.44 bits per heavy atom. The van der Waals surface area contributed by atoms with E-state index in [4.69, 9.17) is 4.74 Å². The number of piperazine rings is 1. The number of ether oxygens (including phenoxy) is 1. The number of rotatable bonds is 10. The molecule has 0 aliphatic carbocycles. The number of anilines is 1. The molecule has 0 radical (unpaired) electrons.